The van der Waals surface area contributed by atoms with Gasteiger partial charge in [-0.05, 0) is 30.7 Å². The Balaban J connectivity index is 2.06. The summed E-state index contributed by atoms with van der Waals surface area (Å²) in [6.07, 6.45) is 0.815. The summed E-state index contributed by atoms with van der Waals surface area (Å²) in [4.78, 5) is 23.1. The van der Waals surface area contributed by atoms with Crippen molar-refractivity contribution in [2.45, 2.75) is 23.8 Å². The van der Waals surface area contributed by atoms with Crippen molar-refractivity contribution in [2.24, 2.45) is 0 Å². The van der Waals surface area contributed by atoms with Gasteiger partial charge in [-0.15, -0.1) is 0 Å². The number of hydrogen-bond acceptors (Lipinski definition) is 4. The molecule has 114 valence electrons. The summed E-state index contributed by atoms with van der Waals surface area (Å²) < 4.78 is 24.9. The van der Waals surface area contributed by atoms with Crippen LogP contribution >= 0.6 is 0 Å². The van der Waals surface area contributed by atoms with Gasteiger partial charge in [0.05, 0.1) is 4.90 Å². The van der Waals surface area contributed by atoms with Gasteiger partial charge in [-0.3, -0.25) is 9.59 Å². The molecule has 2 N–H and O–H groups in total. The molecule has 1 saturated heterocycles. The van der Waals surface area contributed by atoms with Crippen LogP contribution in [0.1, 0.15) is 12.8 Å². The summed E-state index contributed by atoms with van der Waals surface area (Å²) >= 11 is 0. The molecule has 0 spiro atoms. The molecular formula is C13H17N3O4S. The smallest absolute Gasteiger partial charge is 0.246 e. The predicted molar refractivity (Wildman–Crippen MR) is 77.1 cm³/mol. The summed E-state index contributed by atoms with van der Waals surface area (Å²) in [6, 6.07) is 5.37. The van der Waals surface area contributed by atoms with E-state index in [4.69, 9.17) is 0 Å². The lowest BCUT2D eigenvalue weighted by Gasteiger charge is -2.13. The summed E-state index contributed by atoms with van der Waals surface area (Å²) in [5, 5.41) is 5.22. The molecule has 8 heteroatoms. The highest BCUT2D eigenvalue weighted by atomic mass is 32.2. The first kappa shape index (κ1) is 15.5. The van der Waals surface area contributed by atoms with Gasteiger partial charge in [-0.25, -0.2) is 12.7 Å². The molecule has 2 amide bonds. The second-order valence-corrected chi connectivity index (χ2v) is 7.11. The van der Waals surface area contributed by atoms with Crippen molar-refractivity contribution >= 4 is 27.5 Å². The summed E-state index contributed by atoms with van der Waals surface area (Å²) in [5.74, 6) is -0.438. The van der Waals surface area contributed by atoms with Gasteiger partial charge in [0.2, 0.25) is 21.8 Å². The fourth-order valence-corrected chi connectivity index (χ4v) is 2.86. The molecule has 0 aromatic heterocycles. The highest BCUT2D eigenvalue weighted by Crippen LogP contribution is 2.17. The van der Waals surface area contributed by atoms with Gasteiger partial charge in [0.15, 0.2) is 0 Å². The number of amides is 2. The van der Waals surface area contributed by atoms with Gasteiger partial charge < -0.3 is 10.6 Å². The summed E-state index contributed by atoms with van der Waals surface area (Å²) in [5.41, 5.74) is 0.485. The van der Waals surface area contributed by atoms with Crippen molar-refractivity contribution in [1.82, 2.24) is 9.62 Å². The van der Waals surface area contributed by atoms with E-state index < -0.39 is 16.1 Å². The van der Waals surface area contributed by atoms with E-state index in [1.165, 1.54) is 38.4 Å². The fourth-order valence-electron chi connectivity index (χ4n) is 1.96. The highest BCUT2D eigenvalue weighted by molar-refractivity contribution is 7.89. The number of benzene rings is 1. The third-order valence-corrected chi connectivity index (χ3v) is 5.04. The Hall–Kier alpha value is -1.93. The average molecular weight is 311 g/mol. The molecule has 2 rings (SSSR count). The molecule has 0 saturated carbocycles. The Morgan fingerprint density at radius 2 is 1.90 bits per heavy atom. The van der Waals surface area contributed by atoms with Crippen LogP contribution in [0.5, 0.6) is 0 Å². The van der Waals surface area contributed by atoms with Crippen LogP contribution < -0.4 is 10.6 Å². The zero-order valence-electron chi connectivity index (χ0n) is 11.8. The number of sulfonamides is 1. The van der Waals surface area contributed by atoms with E-state index in [-0.39, 0.29) is 16.7 Å². The van der Waals surface area contributed by atoms with Crippen molar-refractivity contribution in [3.63, 3.8) is 0 Å². The van der Waals surface area contributed by atoms with Crippen LogP contribution in [0.15, 0.2) is 29.2 Å². The lowest BCUT2D eigenvalue weighted by molar-refractivity contribution is -0.122. The molecule has 7 nitrogen and oxygen atoms in total. The maximum Gasteiger partial charge on any atom is 0.246 e. The van der Waals surface area contributed by atoms with Crippen LogP contribution in [-0.2, 0) is 19.6 Å². The number of nitrogens with one attached hydrogen (secondary N) is 2. The zero-order chi connectivity index (χ0) is 15.6. The molecule has 1 atom stereocenters. The lowest BCUT2D eigenvalue weighted by Crippen LogP contribution is -2.37. The monoisotopic (exact) mass is 311 g/mol. The third-order valence-electron chi connectivity index (χ3n) is 3.21. The first-order chi connectivity index (χ1) is 9.80. The fraction of sp³-hybridized carbons (Fsp3) is 0.385. The molecule has 1 aromatic rings. The van der Waals surface area contributed by atoms with E-state index in [0.29, 0.717) is 18.5 Å². The second kappa shape index (κ2) is 5.82. The van der Waals surface area contributed by atoms with Crippen LogP contribution in [0.2, 0.25) is 0 Å². The molecule has 1 aromatic carbocycles. The van der Waals surface area contributed by atoms with Gasteiger partial charge in [0, 0.05) is 26.2 Å². The van der Waals surface area contributed by atoms with Crippen LogP contribution in [0.4, 0.5) is 5.69 Å². The first-order valence-corrected chi connectivity index (χ1v) is 7.87. The number of rotatable bonds is 4. The number of carbonyl (C=O) groups is 2. The molecule has 0 unspecified atom stereocenters. The van der Waals surface area contributed by atoms with Gasteiger partial charge in [-0.2, -0.15) is 0 Å². The topological polar surface area (TPSA) is 95.6 Å². The molecule has 0 bridgehead atoms. The Bertz CT molecular complexity index is 652. The van der Waals surface area contributed by atoms with Gasteiger partial charge in [0.25, 0.3) is 0 Å². The maximum absolute atomic E-state index is 11.9. The Morgan fingerprint density at radius 3 is 2.38 bits per heavy atom. The molecule has 1 heterocycles. The quantitative estimate of drug-likeness (QED) is 0.827. The summed E-state index contributed by atoms with van der Waals surface area (Å²) in [6.45, 7) is 0. The molecular weight excluding hydrogens is 294 g/mol. The van der Waals surface area contributed by atoms with Gasteiger partial charge in [-0.1, -0.05) is 0 Å². The average Bonchev–Trinajstić information content (AvgIpc) is 2.86. The highest BCUT2D eigenvalue weighted by Gasteiger charge is 2.27. The Kier molecular flexibility index (Phi) is 4.29. The molecule has 1 aliphatic rings. The van der Waals surface area contributed by atoms with E-state index in [2.05, 4.69) is 10.6 Å². The standard InChI is InChI=1S/C13H17N3O4S/c1-16(2)21(19,20)10-5-3-9(4-6-10)14-13(18)11-7-8-12(17)15-11/h3-6,11H,7-8H2,1-2H3,(H,14,18)(H,15,17)/t11-/m1/s1. The van der Waals surface area contributed by atoms with Crippen LogP contribution in [0, 0.1) is 0 Å². The predicted octanol–water partition coefficient (Wildman–Crippen LogP) is 0.154. The second-order valence-electron chi connectivity index (χ2n) is 4.96. The minimum Gasteiger partial charge on any atom is -0.344 e. The van der Waals surface area contributed by atoms with Crippen molar-refractivity contribution < 1.29 is 18.0 Å². The van der Waals surface area contributed by atoms with E-state index in [1.807, 2.05) is 0 Å². The molecule has 0 aliphatic carbocycles. The van der Waals surface area contributed by atoms with Crippen molar-refractivity contribution in [2.75, 3.05) is 19.4 Å². The maximum atomic E-state index is 11.9. The van der Waals surface area contributed by atoms with Crippen molar-refractivity contribution in [1.29, 1.82) is 0 Å². The van der Waals surface area contributed by atoms with Crippen LogP contribution in [0.25, 0.3) is 0 Å². The zero-order valence-corrected chi connectivity index (χ0v) is 12.6. The van der Waals surface area contributed by atoms with Gasteiger partial charge in [0.1, 0.15) is 6.04 Å². The lowest BCUT2D eigenvalue weighted by atomic mass is 10.2. The molecule has 0 radical (unpaired) electrons. The molecule has 21 heavy (non-hydrogen) atoms. The SMILES string of the molecule is CN(C)S(=O)(=O)c1ccc(NC(=O)[C@H]2CCC(=O)N2)cc1. The Labute approximate surface area is 123 Å². The van der Waals surface area contributed by atoms with Crippen molar-refractivity contribution in [3.05, 3.63) is 24.3 Å². The number of anilines is 1. The molecule has 1 aliphatic heterocycles. The minimum absolute atomic E-state index is 0.137. The van der Waals surface area contributed by atoms with Crippen molar-refractivity contribution in [3.8, 4) is 0 Å². The van der Waals surface area contributed by atoms with E-state index >= 15 is 0 Å². The number of nitrogens with zero attached hydrogens (tertiary/aromatic N) is 1. The first-order valence-electron chi connectivity index (χ1n) is 6.43. The van der Waals surface area contributed by atoms with E-state index in [0.717, 1.165) is 4.31 Å². The van der Waals surface area contributed by atoms with Crippen LogP contribution in [-0.4, -0.2) is 44.7 Å². The number of hydrogen-bond donors (Lipinski definition) is 2. The molecule has 1 fully saturated rings. The summed E-state index contributed by atoms with van der Waals surface area (Å²) in [7, 11) is -0.577. The third kappa shape index (κ3) is 3.40. The normalized spacial score (nSPS) is 18.6. The van der Waals surface area contributed by atoms with E-state index in [1.54, 1.807) is 0 Å². The minimum atomic E-state index is -3.48. The number of carbonyl (C=O) groups excluding carboxylic acids is 2. The van der Waals surface area contributed by atoms with E-state index in [9.17, 15) is 18.0 Å². The van der Waals surface area contributed by atoms with Crippen LogP contribution in [0.3, 0.4) is 0 Å². The largest absolute Gasteiger partial charge is 0.344 e. The Morgan fingerprint density at radius 1 is 1.29 bits per heavy atom. The van der Waals surface area contributed by atoms with Gasteiger partial charge >= 0.3 is 0 Å².